The van der Waals surface area contributed by atoms with Crippen LogP contribution in [0.15, 0.2) is 103 Å². The smallest absolute Gasteiger partial charge is 0.0915 e. The zero-order valence-electron chi connectivity index (χ0n) is 21.5. The van der Waals surface area contributed by atoms with Crippen molar-refractivity contribution < 1.29 is 0 Å². The highest BCUT2D eigenvalue weighted by Crippen LogP contribution is 2.43. The quantitative estimate of drug-likeness (QED) is 0.232. The summed E-state index contributed by atoms with van der Waals surface area (Å²) in [5.74, 6) is 0. The monoisotopic (exact) mass is 489 g/mol. The molecule has 0 amide bonds. The molecule has 0 atom stereocenters. The van der Waals surface area contributed by atoms with Gasteiger partial charge in [-0.2, -0.15) is 0 Å². The molecule has 6 aromatic rings. The fraction of sp³-hybridized carbons (Fsp3) is 0.0857. The van der Waals surface area contributed by atoms with Crippen LogP contribution < -0.4 is 4.90 Å². The third-order valence-corrected chi connectivity index (χ3v) is 7.50. The Kier molecular flexibility index (Phi) is 5.29. The molecule has 1 aromatic heterocycles. The first-order valence-electron chi connectivity index (χ1n) is 13.1. The molecule has 0 bridgehead atoms. The number of hydrogen-bond donors (Lipinski definition) is 0. The molecule has 3 nitrogen and oxygen atoms in total. The lowest BCUT2D eigenvalue weighted by molar-refractivity contribution is 1.27. The summed E-state index contributed by atoms with van der Waals surface area (Å²) in [5.41, 5.74) is 12.0. The van der Waals surface area contributed by atoms with Crippen molar-refractivity contribution >= 4 is 62.1 Å². The zero-order valence-corrected chi connectivity index (χ0v) is 21.5. The van der Waals surface area contributed by atoms with Crippen molar-refractivity contribution in [1.82, 2.24) is 9.97 Å². The van der Waals surface area contributed by atoms with Crippen LogP contribution in [-0.2, 0) is 0 Å². The summed E-state index contributed by atoms with van der Waals surface area (Å²) in [4.78, 5) is 12.3. The van der Waals surface area contributed by atoms with Crippen molar-refractivity contribution in [2.24, 2.45) is 0 Å². The predicted octanol–water partition coefficient (Wildman–Crippen LogP) is 9.45. The van der Waals surface area contributed by atoms with Crippen molar-refractivity contribution in [3.8, 4) is 0 Å². The van der Waals surface area contributed by atoms with E-state index in [0.29, 0.717) is 0 Å². The Balaban J connectivity index is 1.54. The van der Waals surface area contributed by atoms with Crippen LogP contribution in [0, 0.1) is 13.8 Å². The number of aromatic nitrogens is 2. The molecular formula is C35H27N3. The molecule has 0 N–H and O–H groups in total. The number of anilines is 3. The van der Waals surface area contributed by atoms with E-state index in [4.69, 9.17) is 9.97 Å². The molecule has 182 valence electrons. The number of aryl methyl sites for hydroxylation is 2. The normalized spacial score (nSPS) is 12.7. The standard InChI is InChI=1S/C35H27N3/c1-23-16-20-34(28-12-5-3-4-10-26(23)28)38(35-21-17-24(2)27-11-6-7-13-29(27)35)25-18-19-32-33(22-25)37-31-15-9-8-14-30(31)36-32/h4-22H,3H2,1-2H3. The molecule has 1 heterocycles. The second-order valence-corrected chi connectivity index (χ2v) is 9.94. The molecule has 7 rings (SSSR count). The lowest BCUT2D eigenvalue weighted by Gasteiger charge is -2.30. The Morgan fingerprint density at radius 3 is 2.00 bits per heavy atom. The SMILES string of the molecule is Cc1ccc(N(c2ccc3nc4ccccc4nc3c2)c2ccc(C)c3ccccc23)c2c1C=CCC=C2. The highest BCUT2D eigenvalue weighted by molar-refractivity contribution is 6.02. The van der Waals surface area contributed by atoms with Crippen LogP contribution in [0.4, 0.5) is 17.1 Å². The second-order valence-electron chi connectivity index (χ2n) is 9.94. The van der Waals surface area contributed by atoms with Gasteiger partial charge in [0, 0.05) is 16.6 Å². The van der Waals surface area contributed by atoms with Crippen LogP contribution in [0.5, 0.6) is 0 Å². The summed E-state index contributed by atoms with van der Waals surface area (Å²) in [5, 5.41) is 2.48. The fourth-order valence-corrected chi connectivity index (χ4v) is 5.56. The Labute approximate surface area is 222 Å². The number of para-hydroxylation sites is 2. The number of nitrogens with zero attached hydrogens (tertiary/aromatic N) is 3. The van der Waals surface area contributed by atoms with E-state index in [9.17, 15) is 0 Å². The van der Waals surface area contributed by atoms with E-state index in [1.807, 2.05) is 24.3 Å². The molecular weight excluding hydrogens is 462 g/mol. The minimum absolute atomic E-state index is 0.885. The Hall–Kier alpha value is -4.76. The Bertz CT molecular complexity index is 1930. The Morgan fingerprint density at radius 2 is 1.18 bits per heavy atom. The molecule has 1 aliphatic carbocycles. The van der Waals surface area contributed by atoms with E-state index in [1.54, 1.807) is 0 Å². The molecule has 1 aliphatic rings. The molecule has 5 aromatic carbocycles. The molecule has 0 aliphatic heterocycles. The molecule has 0 saturated carbocycles. The van der Waals surface area contributed by atoms with Gasteiger partial charge in [-0.15, -0.1) is 0 Å². The number of allylic oxidation sites excluding steroid dienone is 2. The highest BCUT2D eigenvalue weighted by atomic mass is 15.1. The summed E-state index contributed by atoms with van der Waals surface area (Å²) < 4.78 is 0. The van der Waals surface area contributed by atoms with E-state index >= 15 is 0 Å². The summed E-state index contributed by atoms with van der Waals surface area (Å²) in [7, 11) is 0. The lowest BCUT2D eigenvalue weighted by Crippen LogP contribution is -2.13. The molecule has 0 spiro atoms. The van der Waals surface area contributed by atoms with E-state index in [0.717, 1.165) is 45.5 Å². The van der Waals surface area contributed by atoms with E-state index in [-0.39, 0.29) is 0 Å². The first-order valence-corrected chi connectivity index (χ1v) is 13.1. The topological polar surface area (TPSA) is 29.0 Å². The molecule has 0 fully saturated rings. The van der Waals surface area contributed by atoms with Gasteiger partial charge in [-0.1, -0.05) is 72.8 Å². The summed E-state index contributed by atoms with van der Waals surface area (Å²) in [6.07, 6.45) is 9.95. The third kappa shape index (κ3) is 3.67. The van der Waals surface area contributed by atoms with Crippen LogP contribution in [0.3, 0.4) is 0 Å². The average Bonchev–Trinajstić information content (AvgIpc) is 3.21. The molecule has 0 unspecified atom stereocenters. The van der Waals surface area contributed by atoms with E-state index in [2.05, 4.69) is 110 Å². The second kappa shape index (κ2) is 8.97. The summed E-state index contributed by atoms with van der Waals surface area (Å²) in [6, 6.07) is 32.1. The van der Waals surface area contributed by atoms with Crippen molar-refractivity contribution in [1.29, 1.82) is 0 Å². The largest absolute Gasteiger partial charge is 0.309 e. The lowest BCUT2D eigenvalue weighted by atomic mass is 9.97. The van der Waals surface area contributed by atoms with E-state index < -0.39 is 0 Å². The maximum absolute atomic E-state index is 4.99. The van der Waals surface area contributed by atoms with Crippen LogP contribution >= 0.6 is 0 Å². The van der Waals surface area contributed by atoms with Crippen LogP contribution in [-0.4, -0.2) is 9.97 Å². The molecule has 38 heavy (non-hydrogen) atoms. The molecule has 0 saturated heterocycles. The van der Waals surface area contributed by atoms with Gasteiger partial charge in [0.05, 0.1) is 33.4 Å². The van der Waals surface area contributed by atoms with Gasteiger partial charge in [0.15, 0.2) is 0 Å². The van der Waals surface area contributed by atoms with Crippen LogP contribution in [0.2, 0.25) is 0 Å². The van der Waals surface area contributed by atoms with E-state index in [1.165, 1.54) is 33.0 Å². The maximum Gasteiger partial charge on any atom is 0.0915 e. The molecule has 0 radical (unpaired) electrons. The zero-order chi connectivity index (χ0) is 25.6. The van der Waals surface area contributed by atoms with Crippen molar-refractivity contribution in [2.45, 2.75) is 20.3 Å². The van der Waals surface area contributed by atoms with Crippen molar-refractivity contribution in [3.05, 3.63) is 125 Å². The summed E-state index contributed by atoms with van der Waals surface area (Å²) >= 11 is 0. The minimum Gasteiger partial charge on any atom is -0.309 e. The minimum atomic E-state index is 0.885. The van der Waals surface area contributed by atoms with Gasteiger partial charge in [-0.25, -0.2) is 9.97 Å². The first-order chi connectivity index (χ1) is 18.7. The van der Waals surface area contributed by atoms with Gasteiger partial charge in [-0.05, 0) is 84.8 Å². The average molecular weight is 490 g/mol. The number of benzene rings is 5. The maximum atomic E-state index is 4.99. The highest BCUT2D eigenvalue weighted by Gasteiger charge is 2.21. The van der Waals surface area contributed by atoms with Crippen molar-refractivity contribution in [2.75, 3.05) is 4.90 Å². The number of hydrogen-bond acceptors (Lipinski definition) is 3. The van der Waals surface area contributed by atoms with Gasteiger partial charge < -0.3 is 4.90 Å². The summed E-state index contributed by atoms with van der Waals surface area (Å²) in [6.45, 7) is 4.37. The van der Waals surface area contributed by atoms with Gasteiger partial charge >= 0.3 is 0 Å². The van der Waals surface area contributed by atoms with Gasteiger partial charge in [-0.3, -0.25) is 0 Å². The van der Waals surface area contributed by atoms with Gasteiger partial charge in [0.1, 0.15) is 0 Å². The van der Waals surface area contributed by atoms with Crippen molar-refractivity contribution in [3.63, 3.8) is 0 Å². The number of rotatable bonds is 3. The van der Waals surface area contributed by atoms with Crippen LogP contribution in [0.1, 0.15) is 28.7 Å². The first kappa shape index (κ1) is 22.4. The van der Waals surface area contributed by atoms with Gasteiger partial charge in [0.2, 0.25) is 0 Å². The van der Waals surface area contributed by atoms with Gasteiger partial charge in [0.25, 0.3) is 0 Å². The molecule has 3 heteroatoms. The van der Waals surface area contributed by atoms with Crippen LogP contribution in [0.25, 0.3) is 45.0 Å². The number of fused-ring (bicyclic) bond motifs is 4. The fourth-order valence-electron chi connectivity index (χ4n) is 5.56. The third-order valence-electron chi connectivity index (χ3n) is 7.50. The predicted molar refractivity (Wildman–Crippen MR) is 161 cm³/mol. The Morgan fingerprint density at radius 1 is 0.553 bits per heavy atom.